The van der Waals surface area contributed by atoms with Crippen molar-refractivity contribution in [2.24, 2.45) is 0 Å². The van der Waals surface area contributed by atoms with Crippen LogP contribution in [-0.4, -0.2) is 32.4 Å². The first kappa shape index (κ1) is 19.2. The average molecular weight is 407 g/mol. The number of amides is 2. The van der Waals surface area contributed by atoms with Crippen LogP contribution in [0.4, 0.5) is 5.69 Å². The van der Waals surface area contributed by atoms with Crippen molar-refractivity contribution < 1.29 is 9.59 Å². The smallest absolute Gasteiger partial charge is 0.280 e. The molecule has 7 nitrogen and oxygen atoms in total. The quantitative estimate of drug-likeness (QED) is 0.677. The molecule has 8 heteroatoms. The van der Waals surface area contributed by atoms with Gasteiger partial charge in [0.25, 0.3) is 5.91 Å². The minimum absolute atomic E-state index is 0.135. The predicted molar refractivity (Wildman–Crippen MR) is 111 cm³/mol. The SMILES string of the molecule is O=C(NC1CCCC1)[C@@H](c1cccnc1)N(C(=O)c1csnn1)c1ccccc1. The summed E-state index contributed by atoms with van der Waals surface area (Å²) < 4.78 is 3.81. The Morgan fingerprint density at radius 1 is 1.10 bits per heavy atom. The maximum absolute atomic E-state index is 13.4. The van der Waals surface area contributed by atoms with Crippen molar-refractivity contribution in [3.8, 4) is 0 Å². The van der Waals surface area contributed by atoms with Crippen LogP contribution in [0.2, 0.25) is 0 Å². The molecule has 1 aromatic carbocycles. The molecule has 148 valence electrons. The number of pyridine rings is 1. The molecule has 0 saturated heterocycles. The lowest BCUT2D eigenvalue weighted by Gasteiger charge is -2.31. The topological polar surface area (TPSA) is 88.1 Å². The summed E-state index contributed by atoms with van der Waals surface area (Å²) in [4.78, 5) is 32.5. The summed E-state index contributed by atoms with van der Waals surface area (Å²) in [5.41, 5.74) is 1.46. The normalized spacial score (nSPS) is 15.0. The van der Waals surface area contributed by atoms with Crippen molar-refractivity contribution >= 4 is 29.0 Å². The van der Waals surface area contributed by atoms with E-state index in [0.717, 1.165) is 37.2 Å². The number of nitrogens with zero attached hydrogens (tertiary/aromatic N) is 4. The van der Waals surface area contributed by atoms with Gasteiger partial charge >= 0.3 is 0 Å². The molecule has 0 spiro atoms. The Hall–Kier alpha value is -3.13. The van der Waals surface area contributed by atoms with E-state index in [1.165, 1.54) is 4.90 Å². The monoisotopic (exact) mass is 407 g/mol. The standard InChI is InChI=1S/C21H21N5O2S/c27-20(23-16-8-4-5-9-16)19(15-7-6-12-22-13-15)26(17-10-2-1-3-11-17)21(28)18-14-29-25-24-18/h1-3,6-7,10-14,16,19H,4-5,8-9H2,(H,23,27)/t19-/m1/s1. The van der Waals surface area contributed by atoms with Gasteiger partial charge in [0.2, 0.25) is 5.91 Å². The number of para-hydroxylation sites is 1. The molecule has 0 radical (unpaired) electrons. The maximum Gasteiger partial charge on any atom is 0.280 e. The zero-order valence-electron chi connectivity index (χ0n) is 15.8. The Morgan fingerprint density at radius 3 is 2.55 bits per heavy atom. The van der Waals surface area contributed by atoms with Crippen LogP contribution in [0.15, 0.2) is 60.2 Å². The number of hydrogen-bond acceptors (Lipinski definition) is 6. The summed E-state index contributed by atoms with van der Waals surface area (Å²) in [6, 6.07) is 12.0. The molecule has 1 N–H and O–H groups in total. The predicted octanol–water partition coefficient (Wildman–Crippen LogP) is 3.38. The number of carbonyl (C=O) groups is 2. The van der Waals surface area contributed by atoms with Crippen molar-refractivity contribution in [2.45, 2.75) is 37.8 Å². The van der Waals surface area contributed by atoms with Gasteiger partial charge in [0, 0.05) is 35.1 Å². The summed E-state index contributed by atoms with van der Waals surface area (Å²) in [7, 11) is 0. The molecule has 29 heavy (non-hydrogen) atoms. The fourth-order valence-electron chi connectivity index (χ4n) is 3.66. The highest BCUT2D eigenvalue weighted by molar-refractivity contribution is 7.03. The Bertz CT molecular complexity index is 944. The molecule has 1 atom stereocenters. The molecule has 0 bridgehead atoms. The maximum atomic E-state index is 13.4. The highest BCUT2D eigenvalue weighted by Crippen LogP contribution is 2.30. The van der Waals surface area contributed by atoms with Crippen molar-refractivity contribution in [1.82, 2.24) is 19.9 Å². The molecular weight excluding hydrogens is 386 g/mol. The van der Waals surface area contributed by atoms with E-state index in [1.807, 2.05) is 36.4 Å². The van der Waals surface area contributed by atoms with E-state index in [-0.39, 0.29) is 23.6 Å². The summed E-state index contributed by atoms with van der Waals surface area (Å²) in [5.74, 6) is -0.592. The number of benzene rings is 1. The van der Waals surface area contributed by atoms with Crippen LogP contribution in [0.1, 0.15) is 47.8 Å². The number of hydrogen-bond donors (Lipinski definition) is 1. The Kier molecular flexibility index (Phi) is 5.90. The lowest BCUT2D eigenvalue weighted by atomic mass is 10.0. The number of aromatic nitrogens is 3. The van der Waals surface area contributed by atoms with Crippen molar-refractivity contribution in [3.63, 3.8) is 0 Å². The van der Waals surface area contributed by atoms with E-state index in [4.69, 9.17) is 0 Å². The molecule has 4 rings (SSSR count). The van der Waals surface area contributed by atoms with Crippen molar-refractivity contribution in [2.75, 3.05) is 4.90 Å². The van der Waals surface area contributed by atoms with Gasteiger partial charge in [-0.25, -0.2) is 0 Å². The van der Waals surface area contributed by atoms with E-state index in [0.29, 0.717) is 11.3 Å². The lowest BCUT2D eigenvalue weighted by Crippen LogP contribution is -2.46. The van der Waals surface area contributed by atoms with Gasteiger partial charge in [-0.3, -0.25) is 19.5 Å². The van der Waals surface area contributed by atoms with Gasteiger partial charge in [0.05, 0.1) is 0 Å². The molecule has 1 aliphatic carbocycles. The van der Waals surface area contributed by atoms with Gasteiger partial charge in [-0.05, 0) is 42.6 Å². The van der Waals surface area contributed by atoms with Gasteiger partial charge in [0.15, 0.2) is 5.69 Å². The summed E-state index contributed by atoms with van der Waals surface area (Å²) in [5, 5.41) is 8.66. The summed E-state index contributed by atoms with van der Waals surface area (Å²) >= 11 is 1.10. The van der Waals surface area contributed by atoms with Gasteiger partial charge in [-0.15, -0.1) is 5.10 Å². The van der Waals surface area contributed by atoms with E-state index >= 15 is 0 Å². The van der Waals surface area contributed by atoms with Crippen molar-refractivity contribution in [1.29, 1.82) is 0 Å². The van der Waals surface area contributed by atoms with Crippen LogP contribution in [0.3, 0.4) is 0 Å². The second kappa shape index (κ2) is 8.91. The third kappa shape index (κ3) is 4.32. The summed E-state index contributed by atoms with van der Waals surface area (Å²) in [6.45, 7) is 0. The van der Waals surface area contributed by atoms with Crippen LogP contribution >= 0.6 is 11.5 Å². The van der Waals surface area contributed by atoms with Crippen LogP contribution in [0.25, 0.3) is 0 Å². The third-order valence-corrected chi connectivity index (χ3v) is 5.55. The molecule has 0 aliphatic heterocycles. The molecular formula is C21H21N5O2S. The second-order valence-corrected chi connectivity index (χ2v) is 7.59. The fraction of sp³-hybridized carbons (Fsp3) is 0.286. The minimum Gasteiger partial charge on any atom is -0.351 e. The second-order valence-electron chi connectivity index (χ2n) is 6.98. The molecule has 1 aliphatic rings. The number of carbonyl (C=O) groups excluding carboxylic acids is 2. The molecule has 2 aromatic heterocycles. The Balaban J connectivity index is 1.77. The highest BCUT2D eigenvalue weighted by atomic mass is 32.1. The molecule has 2 amide bonds. The number of rotatable bonds is 6. The van der Waals surface area contributed by atoms with Crippen molar-refractivity contribution in [3.05, 3.63) is 71.5 Å². The first-order chi connectivity index (χ1) is 14.2. The van der Waals surface area contributed by atoms with Crippen LogP contribution in [0.5, 0.6) is 0 Å². The van der Waals surface area contributed by atoms with Gasteiger partial charge in [-0.2, -0.15) is 0 Å². The van der Waals surface area contributed by atoms with Crippen LogP contribution in [0, 0.1) is 0 Å². The van der Waals surface area contributed by atoms with E-state index in [1.54, 1.807) is 23.8 Å². The van der Waals surface area contributed by atoms with Gasteiger partial charge in [0.1, 0.15) is 6.04 Å². The third-order valence-electron chi connectivity index (χ3n) is 5.04. The van der Waals surface area contributed by atoms with E-state index in [2.05, 4.69) is 19.9 Å². The van der Waals surface area contributed by atoms with Crippen LogP contribution in [-0.2, 0) is 4.79 Å². The zero-order chi connectivity index (χ0) is 20.1. The molecule has 3 aromatic rings. The largest absolute Gasteiger partial charge is 0.351 e. The zero-order valence-corrected chi connectivity index (χ0v) is 16.6. The van der Waals surface area contributed by atoms with E-state index in [9.17, 15) is 9.59 Å². The first-order valence-electron chi connectivity index (χ1n) is 9.60. The number of anilines is 1. The Morgan fingerprint density at radius 2 is 1.90 bits per heavy atom. The molecule has 1 saturated carbocycles. The lowest BCUT2D eigenvalue weighted by molar-refractivity contribution is -0.123. The number of nitrogens with one attached hydrogen (secondary N) is 1. The Labute approximate surface area is 173 Å². The average Bonchev–Trinajstić information content (AvgIpc) is 3.47. The summed E-state index contributed by atoms with van der Waals surface area (Å²) in [6.07, 6.45) is 7.40. The van der Waals surface area contributed by atoms with Gasteiger partial charge < -0.3 is 5.32 Å². The minimum atomic E-state index is -0.860. The van der Waals surface area contributed by atoms with E-state index < -0.39 is 6.04 Å². The fourth-order valence-corrected chi connectivity index (χ4v) is 4.09. The van der Waals surface area contributed by atoms with Crippen LogP contribution < -0.4 is 10.2 Å². The van der Waals surface area contributed by atoms with Gasteiger partial charge in [-0.1, -0.05) is 41.6 Å². The molecule has 1 fully saturated rings. The first-order valence-corrected chi connectivity index (χ1v) is 10.4. The molecule has 2 heterocycles. The highest BCUT2D eigenvalue weighted by Gasteiger charge is 2.35. The molecule has 0 unspecified atom stereocenters.